The highest BCUT2D eigenvalue weighted by molar-refractivity contribution is 9.10. The van der Waals surface area contributed by atoms with Crippen LogP contribution in [0.15, 0.2) is 33.1 Å². The Morgan fingerprint density at radius 3 is 3.00 bits per heavy atom. The maximum absolute atomic E-state index is 12.0. The Bertz CT molecular complexity index is 557. The second-order valence-corrected chi connectivity index (χ2v) is 6.44. The van der Waals surface area contributed by atoms with Crippen molar-refractivity contribution in [2.75, 3.05) is 5.75 Å². The van der Waals surface area contributed by atoms with Crippen LogP contribution >= 0.6 is 39.2 Å². The Kier molecular flexibility index (Phi) is 4.91. The average molecular weight is 343 g/mol. The molecule has 0 radical (unpaired) electrons. The predicted molar refractivity (Wildman–Crippen MR) is 78.5 cm³/mol. The van der Waals surface area contributed by atoms with Gasteiger partial charge in [-0.05, 0) is 23.7 Å². The van der Waals surface area contributed by atoms with E-state index in [1.165, 1.54) is 23.3 Å². The van der Waals surface area contributed by atoms with Gasteiger partial charge in [0.25, 0.3) is 0 Å². The highest BCUT2D eigenvalue weighted by Gasteiger charge is 2.09. The first-order valence-electron chi connectivity index (χ1n) is 5.43. The number of thioether (sulfide) groups is 1. The minimum Gasteiger partial charge on any atom is -0.293 e. The van der Waals surface area contributed by atoms with Crippen molar-refractivity contribution in [3.63, 3.8) is 0 Å². The van der Waals surface area contributed by atoms with E-state index in [0.717, 1.165) is 26.6 Å². The van der Waals surface area contributed by atoms with Crippen molar-refractivity contribution in [1.82, 2.24) is 9.36 Å². The minimum atomic E-state index is 0.106. The number of ketones is 1. The van der Waals surface area contributed by atoms with Gasteiger partial charge in [-0.2, -0.15) is 4.37 Å². The molecular weight excluding hydrogens is 332 g/mol. The zero-order valence-electron chi connectivity index (χ0n) is 9.72. The monoisotopic (exact) mass is 342 g/mol. The number of rotatable bonds is 5. The van der Waals surface area contributed by atoms with E-state index in [-0.39, 0.29) is 5.78 Å². The zero-order chi connectivity index (χ0) is 13.0. The number of aryl methyl sites for hydroxylation is 1. The molecule has 0 saturated heterocycles. The number of halogens is 1. The van der Waals surface area contributed by atoms with Gasteiger partial charge in [-0.15, -0.1) is 0 Å². The molecule has 0 amide bonds. The maximum Gasteiger partial charge on any atom is 0.173 e. The molecule has 1 aromatic heterocycles. The van der Waals surface area contributed by atoms with Crippen molar-refractivity contribution >= 4 is 45.0 Å². The van der Waals surface area contributed by atoms with Crippen molar-refractivity contribution < 1.29 is 4.79 Å². The largest absolute Gasteiger partial charge is 0.293 e. The number of hydrogen-bond acceptors (Lipinski definition) is 5. The number of hydrogen-bond donors (Lipinski definition) is 0. The van der Waals surface area contributed by atoms with Gasteiger partial charge in [0.05, 0.1) is 5.75 Å². The summed E-state index contributed by atoms with van der Waals surface area (Å²) in [5.41, 5.74) is 0.720. The van der Waals surface area contributed by atoms with Crippen LogP contribution in [0, 0.1) is 0 Å². The van der Waals surface area contributed by atoms with Crippen LogP contribution < -0.4 is 0 Å². The van der Waals surface area contributed by atoms with E-state index in [2.05, 4.69) is 25.3 Å². The summed E-state index contributed by atoms with van der Waals surface area (Å²) in [6.45, 7) is 2.02. The smallest absolute Gasteiger partial charge is 0.173 e. The maximum atomic E-state index is 12.0. The third-order valence-corrected chi connectivity index (χ3v) is 4.60. The van der Waals surface area contributed by atoms with Gasteiger partial charge in [0.1, 0.15) is 5.82 Å². The fourth-order valence-electron chi connectivity index (χ4n) is 1.31. The Morgan fingerprint density at radius 1 is 1.50 bits per heavy atom. The molecule has 0 unspecified atom stereocenters. The molecule has 18 heavy (non-hydrogen) atoms. The number of Topliss-reactive ketones (excluding diaryl/α,β-unsaturated/α-hetero) is 1. The van der Waals surface area contributed by atoms with E-state index in [0.29, 0.717) is 5.75 Å². The number of aromatic nitrogens is 2. The molecule has 0 spiro atoms. The van der Waals surface area contributed by atoms with E-state index >= 15 is 0 Å². The lowest BCUT2D eigenvalue weighted by molar-refractivity contribution is 0.102. The van der Waals surface area contributed by atoms with Crippen molar-refractivity contribution in [2.45, 2.75) is 17.7 Å². The molecule has 1 aromatic carbocycles. The lowest BCUT2D eigenvalue weighted by atomic mass is 10.2. The standard InChI is InChI=1S/C12H11BrN2OS2/c1-2-11-14-12(18-15-11)17-7-10(16)8-4-3-5-9(13)6-8/h3-6H,2,7H2,1H3. The first-order chi connectivity index (χ1) is 8.69. The Morgan fingerprint density at radius 2 is 2.33 bits per heavy atom. The normalized spacial score (nSPS) is 10.6. The molecule has 2 aromatic rings. The minimum absolute atomic E-state index is 0.106. The fraction of sp³-hybridized carbons (Fsp3) is 0.250. The highest BCUT2D eigenvalue weighted by Crippen LogP contribution is 2.22. The van der Waals surface area contributed by atoms with E-state index < -0.39 is 0 Å². The van der Waals surface area contributed by atoms with E-state index in [9.17, 15) is 4.79 Å². The Balaban J connectivity index is 1.96. The van der Waals surface area contributed by atoms with Crippen LogP contribution in [0.5, 0.6) is 0 Å². The van der Waals surface area contributed by atoms with Gasteiger partial charge < -0.3 is 0 Å². The zero-order valence-corrected chi connectivity index (χ0v) is 12.9. The van der Waals surface area contributed by atoms with Gasteiger partial charge >= 0.3 is 0 Å². The fourth-order valence-corrected chi connectivity index (χ4v) is 3.30. The summed E-state index contributed by atoms with van der Waals surface area (Å²) in [4.78, 5) is 16.3. The third kappa shape index (κ3) is 3.63. The molecule has 94 valence electrons. The lowest BCUT2D eigenvalue weighted by Crippen LogP contribution is -2.01. The highest BCUT2D eigenvalue weighted by atomic mass is 79.9. The Hall–Kier alpha value is -0.720. The molecule has 0 fully saturated rings. The van der Waals surface area contributed by atoms with Gasteiger partial charge in [0.2, 0.25) is 0 Å². The molecule has 0 atom stereocenters. The summed E-state index contributed by atoms with van der Waals surface area (Å²) in [5.74, 6) is 1.35. The van der Waals surface area contributed by atoms with Gasteiger partial charge in [-0.25, -0.2) is 4.98 Å². The molecule has 0 aliphatic rings. The van der Waals surface area contributed by atoms with Crippen LogP contribution in [-0.2, 0) is 6.42 Å². The van der Waals surface area contributed by atoms with Crippen LogP contribution in [0.25, 0.3) is 0 Å². The van der Waals surface area contributed by atoms with Gasteiger partial charge in [0.15, 0.2) is 10.1 Å². The molecule has 6 heteroatoms. The van der Waals surface area contributed by atoms with Gasteiger partial charge in [-0.3, -0.25) is 4.79 Å². The van der Waals surface area contributed by atoms with E-state index in [1.807, 2.05) is 31.2 Å². The quantitative estimate of drug-likeness (QED) is 0.611. The average Bonchev–Trinajstić information content (AvgIpc) is 2.84. The Labute approximate surface area is 122 Å². The molecule has 0 bridgehead atoms. The molecule has 1 heterocycles. The van der Waals surface area contributed by atoms with Crippen LogP contribution in [-0.4, -0.2) is 20.9 Å². The van der Waals surface area contributed by atoms with Crippen LogP contribution in [0.3, 0.4) is 0 Å². The topological polar surface area (TPSA) is 42.9 Å². The van der Waals surface area contributed by atoms with Gasteiger partial charge in [0, 0.05) is 16.5 Å². The summed E-state index contributed by atoms with van der Waals surface area (Å²) in [5, 5.41) is 0. The van der Waals surface area contributed by atoms with E-state index in [1.54, 1.807) is 0 Å². The third-order valence-electron chi connectivity index (χ3n) is 2.24. The first-order valence-corrected chi connectivity index (χ1v) is 7.98. The molecule has 2 rings (SSSR count). The van der Waals surface area contributed by atoms with Crippen LogP contribution in [0.4, 0.5) is 0 Å². The summed E-state index contributed by atoms with van der Waals surface area (Å²) in [6, 6.07) is 7.43. The van der Waals surface area contributed by atoms with Crippen molar-refractivity contribution in [3.05, 3.63) is 40.1 Å². The van der Waals surface area contributed by atoms with Crippen LogP contribution in [0.2, 0.25) is 0 Å². The first kappa shape index (κ1) is 13.7. The summed E-state index contributed by atoms with van der Waals surface area (Å²) >= 11 is 6.16. The molecule has 0 saturated carbocycles. The summed E-state index contributed by atoms with van der Waals surface area (Å²) < 4.78 is 5.97. The summed E-state index contributed by atoms with van der Waals surface area (Å²) in [6.07, 6.45) is 0.830. The van der Waals surface area contributed by atoms with E-state index in [4.69, 9.17) is 0 Å². The molecule has 0 aliphatic heterocycles. The van der Waals surface area contributed by atoms with Crippen molar-refractivity contribution in [1.29, 1.82) is 0 Å². The number of carbonyl (C=O) groups is 1. The molecule has 3 nitrogen and oxygen atoms in total. The predicted octanol–water partition coefficient (Wildman–Crippen LogP) is 3.84. The molecular formula is C12H11BrN2OS2. The second-order valence-electron chi connectivity index (χ2n) is 3.55. The lowest BCUT2D eigenvalue weighted by Gasteiger charge is -1.99. The summed E-state index contributed by atoms with van der Waals surface area (Å²) in [7, 11) is 0. The molecule has 0 N–H and O–H groups in total. The SMILES string of the molecule is CCc1nsc(SCC(=O)c2cccc(Br)c2)n1. The number of nitrogens with zero attached hydrogens (tertiary/aromatic N) is 2. The number of carbonyl (C=O) groups excluding carboxylic acids is 1. The van der Waals surface area contributed by atoms with Gasteiger partial charge in [-0.1, -0.05) is 46.7 Å². The van der Waals surface area contributed by atoms with Crippen LogP contribution in [0.1, 0.15) is 23.1 Å². The van der Waals surface area contributed by atoms with Crippen molar-refractivity contribution in [2.24, 2.45) is 0 Å². The second kappa shape index (κ2) is 6.45. The van der Waals surface area contributed by atoms with Crippen molar-refractivity contribution in [3.8, 4) is 0 Å². The number of benzene rings is 1. The molecule has 0 aliphatic carbocycles.